The zero-order valence-corrected chi connectivity index (χ0v) is 18.3. The molecule has 10 heteroatoms. The Morgan fingerprint density at radius 3 is 1.78 bits per heavy atom. The fourth-order valence-electron chi connectivity index (χ4n) is 2.38. The summed E-state index contributed by atoms with van der Waals surface area (Å²) in [6.45, 7) is 0. The second kappa shape index (κ2) is 12.5. The van der Waals surface area contributed by atoms with Gasteiger partial charge in [0.15, 0.2) is 0 Å². The first-order valence-corrected chi connectivity index (χ1v) is 9.98. The second-order valence-electron chi connectivity index (χ2n) is 6.38. The summed E-state index contributed by atoms with van der Waals surface area (Å²) in [7, 11) is -1.59. The van der Waals surface area contributed by atoms with E-state index in [9.17, 15) is 8.78 Å². The molecule has 164 valence electrons. The molecule has 0 saturated carbocycles. The van der Waals surface area contributed by atoms with E-state index in [0.717, 1.165) is 21.7 Å². The van der Waals surface area contributed by atoms with Gasteiger partial charge in [0.2, 0.25) is 0 Å². The van der Waals surface area contributed by atoms with Crippen LogP contribution < -0.4 is 16.9 Å². The van der Waals surface area contributed by atoms with Gasteiger partial charge in [0.1, 0.15) is 11.6 Å². The van der Waals surface area contributed by atoms with E-state index in [4.69, 9.17) is 21.5 Å². The van der Waals surface area contributed by atoms with Crippen molar-refractivity contribution in [3.63, 3.8) is 0 Å². The summed E-state index contributed by atoms with van der Waals surface area (Å²) >= 11 is 3.22. The molecule has 0 fully saturated rings. The molecule has 6 nitrogen and oxygen atoms in total. The quantitative estimate of drug-likeness (QED) is 0.313. The molecule has 0 unspecified atom stereocenters. The molecule has 0 radical (unpaired) electrons. The average molecular weight is 501 g/mol. The summed E-state index contributed by atoms with van der Waals surface area (Å²) in [5.41, 5.74) is 14.0. The summed E-state index contributed by atoms with van der Waals surface area (Å²) in [6.07, 6.45) is 6.51. The number of hydrogen-bond donors (Lipinski definition) is 4. The Hall–Kier alpha value is -3.34. The Balaban J connectivity index is 0.000000178. The van der Waals surface area contributed by atoms with Crippen molar-refractivity contribution in [2.45, 2.75) is 0 Å². The molecule has 0 aliphatic rings. The van der Waals surface area contributed by atoms with Gasteiger partial charge in [-0.3, -0.25) is 9.97 Å². The van der Waals surface area contributed by atoms with Crippen LogP contribution in [0, 0.1) is 11.6 Å². The minimum atomic E-state index is -1.59. The molecular formula is C22H20BBrF2N4O2. The van der Waals surface area contributed by atoms with E-state index in [1.54, 1.807) is 43.0 Å². The monoisotopic (exact) mass is 500 g/mol. The number of halogens is 3. The van der Waals surface area contributed by atoms with Crippen molar-refractivity contribution < 1.29 is 18.8 Å². The SMILES string of the molecule is Nc1cncc(-c2cccc(F)c2)c1.Nc1cncc(Br)c1.OB(O)c1cccc(F)c1. The third-order valence-electron chi connectivity index (χ3n) is 3.79. The van der Waals surface area contributed by atoms with E-state index in [1.165, 1.54) is 30.3 Å². The van der Waals surface area contributed by atoms with Crippen LogP contribution in [0.5, 0.6) is 0 Å². The zero-order valence-electron chi connectivity index (χ0n) is 16.7. The lowest BCUT2D eigenvalue weighted by atomic mass is 9.80. The van der Waals surface area contributed by atoms with E-state index >= 15 is 0 Å². The van der Waals surface area contributed by atoms with Gasteiger partial charge in [0, 0.05) is 34.8 Å². The maximum absolute atomic E-state index is 12.9. The highest BCUT2D eigenvalue weighted by atomic mass is 79.9. The summed E-state index contributed by atoms with van der Waals surface area (Å²) in [5.74, 6) is -0.726. The Kier molecular flexibility index (Phi) is 9.74. The standard InChI is InChI=1S/C11H9FN2.C6H6BFO2.C5H5BrN2/c12-10-3-1-2-8(4-10)9-5-11(13)7-14-6-9;8-6-3-1-2-5(4-6)7(9)10;6-4-1-5(7)3-8-2-4/h1-7H,13H2;1-4,9-10H;1-3H,7H2. The molecule has 0 spiro atoms. The van der Waals surface area contributed by atoms with Crippen LogP contribution in [0.25, 0.3) is 11.1 Å². The first kappa shape index (κ1) is 24.9. The van der Waals surface area contributed by atoms with Crippen molar-refractivity contribution in [3.8, 4) is 11.1 Å². The summed E-state index contributed by atoms with van der Waals surface area (Å²) in [5, 5.41) is 17.1. The topological polar surface area (TPSA) is 118 Å². The Bertz CT molecular complexity index is 1090. The van der Waals surface area contributed by atoms with Crippen molar-refractivity contribution in [2.24, 2.45) is 0 Å². The lowest BCUT2D eigenvalue weighted by Gasteiger charge is -2.01. The van der Waals surface area contributed by atoms with Gasteiger partial charge in [0.25, 0.3) is 0 Å². The smallest absolute Gasteiger partial charge is 0.423 e. The van der Waals surface area contributed by atoms with Crippen molar-refractivity contribution >= 4 is 39.9 Å². The molecule has 2 aromatic carbocycles. The molecule has 6 N–H and O–H groups in total. The normalized spacial score (nSPS) is 9.66. The highest BCUT2D eigenvalue weighted by molar-refractivity contribution is 9.10. The molecular weight excluding hydrogens is 481 g/mol. The summed E-state index contributed by atoms with van der Waals surface area (Å²) < 4.78 is 26.1. The van der Waals surface area contributed by atoms with Gasteiger partial charge in [-0.25, -0.2) is 8.78 Å². The van der Waals surface area contributed by atoms with Gasteiger partial charge >= 0.3 is 7.12 Å². The third kappa shape index (κ3) is 8.80. The molecule has 0 saturated heterocycles. The van der Waals surface area contributed by atoms with Crippen molar-refractivity contribution in [3.05, 3.63) is 102 Å². The van der Waals surface area contributed by atoms with E-state index in [-0.39, 0.29) is 11.3 Å². The lowest BCUT2D eigenvalue weighted by Crippen LogP contribution is -2.29. The van der Waals surface area contributed by atoms with Crippen molar-refractivity contribution in [2.75, 3.05) is 11.5 Å². The predicted molar refractivity (Wildman–Crippen MR) is 127 cm³/mol. The van der Waals surface area contributed by atoms with Gasteiger partial charge < -0.3 is 21.5 Å². The van der Waals surface area contributed by atoms with Gasteiger partial charge in [-0.05, 0) is 63.4 Å². The van der Waals surface area contributed by atoms with Crippen LogP contribution in [0.3, 0.4) is 0 Å². The Morgan fingerprint density at radius 2 is 1.31 bits per heavy atom. The highest BCUT2D eigenvalue weighted by Gasteiger charge is 2.09. The number of pyridine rings is 2. The predicted octanol–water partition coefficient (Wildman–Crippen LogP) is 3.40. The number of nitrogen functional groups attached to an aromatic ring is 2. The maximum atomic E-state index is 12.9. The van der Waals surface area contributed by atoms with Crippen LogP contribution in [0.4, 0.5) is 20.2 Å². The number of aromatic nitrogens is 2. The number of nitrogens with two attached hydrogens (primary N) is 2. The highest BCUT2D eigenvalue weighted by Crippen LogP contribution is 2.20. The summed E-state index contributed by atoms with van der Waals surface area (Å²) in [4.78, 5) is 7.75. The van der Waals surface area contributed by atoms with Crippen LogP contribution in [-0.2, 0) is 0 Å². The minimum Gasteiger partial charge on any atom is -0.423 e. The van der Waals surface area contributed by atoms with E-state index < -0.39 is 12.9 Å². The summed E-state index contributed by atoms with van der Waals surface area (Å²) in [6, 6.07) is 15.1. The first-order valence-electron chi connectivity index (χ1n) is 9.18. The zero-order chi connectivity index (χ0) is 23.5. The molecule has 0 amide bonds. The Labute approximate surface area is 192 Å². The maximum Gasteiger partial charge on any atom is 0.488 e. The van der Waals surface area contributed by atoms with Gasteiger partial charge in [-0.1, -0.05) is 24.3 Å². The number of nitrogens with zero attached hydrogens (tertiary/aromatic N) is 2. The van der Waals surface area contributed by atoms with Crippen LogP contribution in [0.15, 0.2) is 89.9 Å². The van der Waals surface area contributed by atoms with E-state index in [2.05, 4.69) is 25.9 Å². The molecule has 0 aliphatic heterocycles. The number of hydrogen-bond acceptors (Lipinski definition) is 6. The van der Waals surface area contributed by atoms with Crippen LogP contribution >= 0.6 is 15.9 Å². The van der Waals surface area contributed by atoms with E-state index in [1.807, 2.05) is 6.07 Å². The molecule has 0 bridgehead atoms. The molecule has 0 aliphatic carbocycles. The Morgan fingerprint density at radius 1 is 0.719 bits per heavy atom. The minimum absolute atomic E-state index is 0.167. The van der Waals surface area contributed by atoms with Gasteiger partial charge in [0.05, 0.1) is 11.4 Å². The van der Waals surface area contributed by atoms with Crippen LogP contribution in [0.2, 0.25) is 0 Å². The fourth-order valence-corrected chi connectivity index (χ4v) is 2.76. The van der Waals surface area contributed by atoms with Crippen LogP contribution in [-0.4, -0.2) is 27.1 Å². The number of benzene rings is 2. The number of rotatable bonds is 2. The molecule has 4 aromatic rings. The lowest BCUT2D eigenvalue weighted by molar-refractivity contribution is 0.425. The van der Waals surface area contributed by atoms with Crippen molar-refractivity contribution in [1.82, 2.24) is 9.97 Å². The fraction of sp³-hybridized carbons (Fsp3) is 0. The van der Waals surface area contributed by atoms with Crippen molar-refractivity contribution in [1.29, 1.82) is 0 Å². The van der Waals surface area contributed by atoms with E-state index in [0.29, 0.717) is 11.4 Å². The molecule has 4 rings (SSSR count). The molecule has 32 heavy (non-hydrogen) atoms. The first-order chi connectivity index (χ1) is 15.2. The average Bonchev–Trinajstić information content (AvgIpc) is 2.74. The molecule has 0 atom stereocenters. The largest absolute Gasteiger partial charge is 0.488 e. The number of anilines is 2. The second-order valence-corrected chi connectivity index (χ2v) is 7.30. The molecule has 2 heterocycles. The van der Waals surface area contributed by atoms with Gasteiger partial charge in [-0.2, -0.15) is 0 Å². The van der Waals surface area contributed by atoms with Gasteiger partial charge in [-0.15, -0.1) is 0 Å². The molecule has 2 aromatic heterocycles. The van der Waals surface area contributed by atoms with Crippen LogP contribution in [0.1, 0.15) is 0 Å². The third-order valence-corrected chi connectivity index (χ3v) is 4.22.